The number of rotatable bonds is 4. The summed E-state index contributed by atoms with van der Waals surface area (Å²) in [6, 6.07) is 12.5. The number of aliphatic hydroxyl groups is 1. The van der Waals surface area contributed by atoms with Crippen molar-refractivity contribution in [2.75, 3.05) is 0 Å². The van der Waals surface area contributed by atoms with E-state index in [1.165, 1.54) is 23.3 Å². The number of hydrogen-bond acceptors (Lipinski definition) is 2. The lowest BCUT2D eigenvalue weighted by Gasteiger charge is -2.10. The van der Waals surface area contributed by atoms with Crippen LogP contribution in [0.5, 0.6) is 0 Å². The monoisotopic (exact) mass is 244 g/mol. The quantitative estimate of drug-likeness (QED) is 0.852. The fourth-order valence-electron chi connectivity index (χ4n) is 2.12. The Bertz CT molecular complexity index is 468. The lowest BCUT2D eigenvalue weighted by molar-refractivity contribution is 0.160. The SMILES string of the molecule is OC(CC1CC1)c1ccc(-c2cccs2)cc1. The molecular weight excluding hydrogens is 228 g/mol. The minimum Gasteiger partial charge on any atom is -0.388 e. The summed E-state index contributed by atoms with van der Waals surface area (Å²) in [6.07, 6.45) is 3.24. The second kappa shape index (κ2) is 4.63. The van der Waals surface area contributed by atoms with Crippen molar-refractivity contribution in [3.8, 4) is 10.4 Å². The molecule has 0 aliphatic heterocycles. The summed E-state index contributed by atoms with van der Waals surface area (Å²) in [5, 5.41) is 12.1. The average molecular weight is 244 g/mol. The highest BCUT2D eigenvalue weighted by Crippen LogP contribution is 2.37. The van der Waals surface area contributed by atoms with Crippen molar-refractivity contribution in [3.63, 3.8) is 0 Å². The molecule has 2 aromatic rings. The van der Waals surface area contributed by atoms with Crippen LogP contribution >= 0.6 is 11.3 Å². The molecule has 1 atom stereocenters. The summed E-state index contributed by atoms with van der Waals surface area (Å²) in [7, 11) is 0. The van der Waals surface area contributed by atoms with Crippen LogP contribution in [-0.2, 0) is 0 Å². The van der Waals surface area contributed by atoms with Crippen LogP contribution in [0.1, 0.15) is 30.9 Å². The van der Waals surface area contributed by atoms with Gasteiger partial charge in [-0.2, -0.15) is 0 Å². The van der Waals surface area contributed by atoms with Gasteiger partial charge in [0.1, 0.15) is 0 Å². The van der Waals surface area contributed by atoms with Crippen molar-refractivity contribution >= 4 is 11.3 Å². The molecule has 1 aliphatic carbocycles. The predicted octanol–water partition coefficient (Wildman–Crippen LogP) is 4.25. The van der Waals surface area contributed by atoms with Gasteiger partial charge >= 0.3 is 0 Å². The van der Waals surface area contributed by atoms with E-state index in [1.54, 1.807) is 11.3 Å². The topological polar surface area (TPSA) is 20.2 Å². The maximum Gasteiger partial charge on any atom is 0.0792 e. The Morgan fingerprint density at radius 2 is 1.94 bits per heavy atom. The Balaban J connectivity index is 1.75. The smallest absolute Gasteiger partial charge is 0.0792 e. The molecule has 0 bridgehead atoms. The Morgan fingerprint density at radius 1 is 1.18 bits per heavy atom. The molecule has 1 aromatic heterocycles. The van der Waals surface area contributed by atoms with Crippen LogP contribution in [0.25, 0.3) is 10.4 Å². The Morgan fingerprint density at radius 3 is 2.53 bits per heavy atom. The third-order valence-corrected chi connectivity index (χ3v) is 4.27. The normalized spacial score (nSPS) is 17.0. The minimum absolute atomic E-state index is 0.278. The van der Waals surface area contributed by atoms with Crippen LogP contribution in [-0.4, -0.2) is 5.11 Å². The molecule has 1 aliphatic rings. The highest BCUT2D eigenvalue weighted by molar-refractivity contribution is 7.13. The van der Waals surface area contributed by atoms with Gasteiger partial charge in [-0.3, -0.25) is 0 Å². The van der Waals surface area contributed by atoms with Crippen molar-refractivity contribution in [2.45, 2.75) is 25.4 Å². The zero-order valence-corrected chi connectivity index (χ0v) is 10.5. The third-order valence-electron chi connectivity index (χ3n) is 3.35. The Kier molecular flexibility index (Phi) is 3.00. The van der Waals surface area contributed by atoms with E-state index in [-0.39, 0.29) is 6.10 Å². The number of hydrogen-bond donors (Lipinski definition) is 1. The van der Waals surface area contributed by atoms with Gasteiger partial charge < -0.3 is 5.11 Å². The molecule has 3 rings (SSSR count). The van der Waals surface area contributed by atoms with Gasteiger partial charge in [0.25, 0.3) is 0 Å². The van der Waals surface area contributed by atoms with Gasteiger partial charge in [0.15, 0.2) is 0 Å². The third kappa shape index (κ3) is 2.59. The van der Waals surface area contributed by atoms with Crippen LogP contribution in [0, 0.1) is 5.92 Å². The summed E-state index contributed by atoms with van der Waals surface area (Å²) < 4.78 is 0. The second-order valence-electron chi connectivity index (χ2n) is 4.79. The molecule has 1 nitrogen and oxygen atoms in total. The van der Waals surface area contributed by atoms with Crippen molar-refractivity contribution in [2.24, 2.45) is 5.92 Å². The molecule has 2 heteroatoms. The first kappa shape index (κ1) is 11.0. The van der Waals surface area contributed by atoms with Gasteiger partial charge in [0.05, 0.1) is 6.10 Å². The van der Waals surface area contributed by atoms with E-state index < -0.39 is 0 Å². The molecule has 1 heterocycles. The van der Waals surface area contributed by atoms with Crippen LogP contribution < -0.4 is 0 Å². The zero-order valence-electron chi connectivity index (χ0n) is 9.67. The lowest BCUT2D eigenvalue weighted by atomic mass is 10.0. The van der Waals surface area contributed by atoms with E-state index in [1.807, 2.05) is 0 Å². The highest BCUT2D eigenvalue weighted by Gasteiger charge is 2.25. The fourth-order valence-corrected chi connectivity index (χ4v) is 2.85. The first-order chi connectivity index (χ1) is 8.33. The maximum atomic E-state index is 10.1. The van der Waals surface area contributed by atoms with Gasteiger partial charge in [0, 0.05) is 4.88 Å². The number of thiophene rings is 1. The maximum absolute atomic E-state index is 10.1. The van der Waals surface area contributed by atoms with Gasteiger partial charge in [0.2, 0.25) is 0 Å². The van der Waals surface area contributed by atoms with Gasteiger partial charge in [-0.1, -0.05) is 43.2 Å². The molecule has 1 aromatic carbocycles. The molecule has 88 valence electrons. The van der Waals surface area contributed by atoms with Crippen LogP contribution in [0.4, 0.5) is 0 Å². The predicted molar refractivity (Wildman–Crippen MR) is 72.1 cm³/mol. The molecule has 0 saturated heterocycles. The van der Waals surface area contributed by atoms with Crippen LogP contribution in [0.15, 0.2) is 41.8 Å². The van der Waals surface area contributed by atoms with Crippen molar-refractivity contribution in [3.05, 3.63) is 47.3 Å². The van der Waals surface area contributed by atoms with E-state index in [0.29, 0.717) is 0 Å². The minimum atomic E-state index is -0.278. The molecular formula is C15H16OS. The summed E-state index contributed by atoms with van der Waals surface area (Å²) >= 11 is 1.75. The van der Waals surface area contributed by atoms with Gasteiger partial charge in [-0.25, -0.2) is 0 Å². The number of benzene rings is 1. The van der Waals surface area contributed by atoms with E-state index in [0.717, 1.165) is 17.9 Å². The second-order valence-corrected chi connectivity index (χ2v) is 5.74. The first-order valence-corrected chi connectivity index (χ1v) is 7.03. The first-order valence-electron chi connectivity index (χ1n) is 6.15. The van der Waals surface area contributed by atoms with Gasteiger partial charge in [-0.15, -0.1) is 11.3 Å². The molecule has 17 heavy (non-hydrogen) atoms. The molecule has 0 amide bonds. The van der Waals surface area contributed by atoms with E-state index in [9.17, 15) is 5.11 Å². The summed E-state index contributed by atoms with van der Waals surface area (Å²) in [4.78, 5) is 1.29. The van der Waals surface area contributed by atoms with Gasteiger partial charge in [-0.05, 0) is 34.9 Å². The lowest BCUT2D eigenvalue weighted by Crippen LogP contribution is -1.97. The van der Waals surface area contributed by atoms with Crippen molar-refractivity contribution in [1.29, 1.82) is 0 Å². The standard InChI is InChI=1S/C15H16OS/c16-14(10-11-3-4-11)12-5-7-13(8-6-12)15-2-1-9-17-15/h1-2,5-9,11,14,16H,3-4,10H2. The Labute approximate surface area is 106 Å². The fraction of sp³-hybridized carbons (Fsp3) is 0.333. The molecule has 1 unspecified atom stereocenters. The summed E-state index contributed by atoms with van der Waals surface area (Å²) in [5.74, 6) is 0.766. The molecule has 1 N–H and O–H groups in total. The Hall–Kier alpha value is -1.12. The summed E-state index contributed by atoms with van der Waals surface area (Å²) in [6.45, 7) is 0. The van der Waals surface area contributed by atoms with E-state index >= 15 is 0 Å². The average Bonchev–Trinajstić information content (AvgIpc) is 3.00. The molecule has 0 radical (unpaired) electrons. The largest absolute Gasteiger partial charge is 0.388 e. The van der Waals surface area contributed by atoms with Crippen molar-refractivity contribution in [1.82, 2.24) is 0 Å². The number of aliphatic hydroxyl groups excluding tert-OH is 1. The van der Waals surface area contributed by atoms with Crippen LogP contribution in [0.3, 0.4) is 0 Å². The van der Waals surface area contributed by atoms with Crippen molar-refractivity contribution < 1.29 is 5.11 Å². The van der Waals surface area contributed by atoms with E-state index in [4.69, 9.17) is 0 Å². The highest BCUT2D eigenvalue weighted by atomic mass is 32.1. The van der Waals surface area contributed by atoms with E-state index in [2.05, 4.69) is 41.8 Å². The molecule has 0 spiro atoms. The summed E-state index contributed by atoms with van der Waals surface area (Å²) in [5.41, 5.74) is 2.29. The molecule has 1 saturated carbocycles. The molecule has 1 fully saturated rings. The zero-order chi connectivity index (χ0) is 11.7. The van der Waals surface area contributed by atoms with Crippen LogP contribution in [0.2, 0.25) is 0 Å².